The summed E-state index contributed by atoms with van der Waals surface area (Å²) in [4.78, 5) is 26.2. The minimum absolute atomic E-state index is 0.0510. The fourth-order valence-electron chi connectivity index (χ4n) is 3.32. The molecule has 0 fully saturated rings. The normalized spacial score (nSPS) is 13.5. The number of likely N-dealkylation sites (N-methyl/N-ethyl adjacent to an activating group) is 1. The van der Waals surface area contributed by atoms with Gasteiger partial charge in [0.1, 0.15) is 17.1 Å². The third-order valence-electron chi connectivity index (χ3n) is 5.08. The number of hydrogen-bond donors (Lipinski definition) is 3. The average molecular weight is 414 g/mol. The lowest BCUT2D eigenvalue weighted by molar-refractivity contribution is 0.303. The summed E-state index contributed by atoms with van der Waals surface area (Å²) >= 11 is 1.65. The molecule has 1 aromatic heterocycles. The first-order valence-corrected chi connectivity index (χ1v) is 10.6. The van der Waals surface area contributed by atoms with Crippen molar-refractivity contribution in [3.63, 3.8) is 0 Å². The van der Waals surface area contributed by atoms with Gasteiger partial charge in [-0.05, 0) is 73.9 Å². The molecule has 3 aromatic rings. The standard InChI is InChI=1S/C22H27N3O3S/c1-14(10-16-8-9-29-13-16)24-20-19(21(27)22(20)28)23-12-17(25(2)3)11-15-4-6-18(26)7-5-15/h4-9,13-14,17,23-24,26H,10-12H2,1-3H3/t14-,17+/m0/s1. The van der Waals surface area contributed by atoms with E-state index in [2.05, 4.69) is 27.0 Å². The monoisotopic (exact) mass is 413 g/mol. The highest BCUT2D eigenvalue weighted by atomic mass is 32.1. The van der Waals surface area contributed by atoms with Crippen LogP contribution in [0.15, 0.2) is 50.7 Å². The van der Waals surface area contributed by atoms with Crippen LogP contribution in [0.3, 0.4) is 0 Å². The first kappa shape index (κ1) is 21.1. The van der Waals surface area contributed by atoms with Gasteiger partial charge in [-0.25, -0.2) is 0 Å². The Morgan fingerprint density at radius 2 is 1.69 bits per heavy atom. The molecule has 0 aliphatic heterocycles. The minimum atomic E-state index is -0.461. The maximum Gasteiger partial charge on any atom is 0.253 e. The predicted molar refractivity (Wildman–Crippen MR) is 120 cm³/mol. The van der Waals surface area contributed by atoms with Crippen LogP contribution in [-0.2, 0) is 12.8 Å². The van der Waals surface area contributed by atoms with Gasteiger partial charge in [0, 0.05) is 18.6 Å². The van der Waals surface area contributed by atoms with Gasteiger partial charge in [-0.15, -0.1) is 0 Å². The van der Waals surface area contributed by atoms with Crippen molar-refractivity contribution in [1.29, 1.82) is 0 Å². The lowest BCUT2D eigenvalue weighted by atomic mass is 10.0. The molecule has 0 amide bonds. The molecule has 2 aromatic carbocycles. The van der Waals surface area contributed by atoms with Crippen LogP contribution in [0.25, 0.3) is 0 Å². The molecule has 0 aliphatic carbocycles. The van der Waals surface area contributed by atoms with Gasteiger partial charge in [-0.1, -0.05) is 12.1 Å². The van der Waals surface area contributed by atoms with Gasteiger partial charge >= 0.3 is 0 Å². The van der Waals surface area contributed by atoms with Gasteiger partial charge in [0.05, 0.1) is 0 Å². The highest BCUT2D eigenvalue weighted by molar-refractivity contribution is 7.07. The van der Waals surface area contributed by atoms with E-state index in [0.29, 0.717) is 17.9 Å². The zero-order valence-electron chi connectivity index (χ0n) is 16.9. The number of hydrogen-bond acceptors (Lipinski definition) is 7. The Kier molecular flexibility index (Phi) is 6.71. The summed E-state index contributed by atoms with van der Waals surface area (Å²) in [7, 11) is 3.97. The van der Waals surface area contributed by atoms with Crippen molar-refractivity contribution < 1.29 is 5.11 Å². The number of thiophene rings is 1. The van der Waals surface area contributed by atoms with Crippen LogP contribution in [0, 0.1) is 0 Å². The molecule has 29 heavy (non-hydrogen) atoms. The van der Waals surface area contributed by atoms with Crippen molar-refractivity contribution in [3.05, 3.63) is 72.7 Å². The first-order chi connectivity index (χ1) is 13.8. The molecule has 0 unspecified atom stereocenters. The van der Waals surface area contributed by atoms with Crippen molar-refractivity contribution in [2.24, 2.45) is 0 Å². The second kappa shape index (κ2) is 9.24. The van der Waals surface area contributed by atoms with Gasteiger partial charge in [0.25, 0.3) is 10.9 Å². The molecule has 154 valence electrons. The Bertz CT molecular complexity index is 990. The summed E-state index contributed by atoms with van der Waals surface area (Å²) in [5, 5.41) is 20.0. The molecular formula is C22H27N3O3S. The SMILES string of the molecule is C[C@@H](Cc1ccsc1)Nc1c(NC[C@@H](Cc2ccc(O)cc2)N(C)C)c(=O)c1=O. The van der Waals surface area contributed by atoms with Crippen molar-refractivity contribution in [3.8, 4) is 5.75 Å². The van der Waals surface area contributed by atoms with Crippen molar-refractivity contribution in [2.45, 2.75) is 31.8 Å². The highest BCUT2D eigenvalue weighted by Gasteiger charge is 2.23. The number of phenolic OH excluding ortho intramolecular Hbond substituents is 1. The van der Waals surface area contributed by atoms with Crippen LogP contribution < -0.4 is 21.5 Å². The lowest BCUT2D eigenvalue weighted by Crippen LogP contribution is -2.43. The Hall–Kier alpha value is -2.64. The van der Waals surface area contributed by atoms with Crippen LogP contribution >= 0.6 is 11.3 Å². The summed E-state index contributed by atoms with van der Waals surface area (Å²) in [6, 6.07) is 9.36. The summed E-state index contributed by atoms with van der Waals surface area (Å²) < 4.78 is 0. The topological polar surface area (TPSA) is 81.7 Å². The smallest absolute Gasteiger partial charge is 0.253 e. The van der Waals surface area contributed by atoms with E-state index in [1.54, 1.807) is 23.5 Å². The molecule has 1 heterocycles. The summed E-state index contributed by atoms with van der Waals surface area (Å²) in [6.07, 6.45) is 1.55. The Labute approximate surface area is 174 Å². The molecule has 3 rings (SSSR count). The van der Waals surface area contributed by atoms with Gasteiger partial charge in [-0.2, -0.15) is 11.3 Å². The van der Waals surface area contributed by atoms with Crippen LogP contribution in [0.5, 0.6) is 5.75 Å². The highest BCUT2D eigenvalue weighted by Crippen LogP contribution is 2.19. The van der Waals surface area contributed by atoms with E-state index in [0.717, 1.165) is 18.4 Å². The number of anilines is 2. The van der Waals surface area contributed by atoms with E-state index in [9.17, 15) is 14.7 Å². The number of nitrogens with one attached hydrogen (secondary N) is 2. The van der Waals surface area contributed by atoms with Gasteiger partial charge in [0.2, 0.25) is 0 Å². The number of aromatic hydroxyl groups is 1. The average Bonchev–Trinajstić information content (AvgIpc) is 3.20. The number of nitrogens with zero attached hydrogens (tertiary/aromatic N) is 1. The molecule has 0 spiro atoms. The summed E-state index contributed by atoms with van der Waals surface area (Å²) in [5.41, 5.74) is 2.16. The van der Waals surface area contributed by atoms with E-state index in [4.69, 9.17) is 0 Å². The molecule has 0 bridgehead atoms. The molecule has 0 aliphatic rings. The fourth-order valence-corrected chi connectivity index (χ4v) is 4.00. The van der Waals surface area contributed by atoms with Gasteiger partial charge in [-0.3, -0.25) is 9.59 Å². The quantitative estimate of drug-likeness (QED) is 0.444. The minimum Gasteiger partial charge on any atom is -0.508 e. The molecule has 6 nitrogen and oxygen atoms in total. The number of rotatable bonds is 10. The van der Waals surface area contributed by atoms with E-state index in [1.165, 1.54) is 5.56 Å². The second-order valence-corrected chi connectivity index (χ2v) is 8.44. The van der Waals surface area contributed by atoms with E-state index >= 15 is 0 Å². The van der Waals surface area contributed by atoms with Crippen LogP contribution in [-0.4, -0.2) is 42.7 Å². The predicted octanol–water partition coefficient (Wildman–Crippen LogP) is 2.68. The second-order valence-electron chi connectivity index (χ2n) is 7.66. The first-order valence-electron chi connectivity index (χ1n) is 9.64. The fraction of sp³-hybridized carbons (Fsp3) is 0.364. The number of benzene rings is 1. The third kappa shape index (κ3) is 5.25. The Morgan fingerprint density at radius 1 is 1.00 bits per heavy atom. The maximum atomic E-state index is 12.1. The molecule has 0 radical (unpaired) electrons. The molecular weight excluding hydrogens is 386 g/mol. The van der Waals surface area contributed by atoms with Crippen molar-refractivity contribution in [1.82, 2.24) is 4.90 Å². The molecule has 2 atom stereocenters. The molecule has 7 heteroatoms. The zero-order valence-corrected chi connectivity index (χ0v) is 17.8. The van der Waals surface area contributed by atoms with E-state index in [-0.39, 0.29) is 17.8 Å². The number of phenols is 1. The third-order valence-corrected chi connectivity index (χ3v) is 5.81. The van der Waals surface area contributed by atoms with Crippen molar-refractivity contribution >= 4 is 22.7 Å². The van der Waals surface area contributed by atoms with Crippen LogP contribution in [0.1, 0.15) is 18.1 Å². The van der Waals surface area contributed by atoms with Gasteiger partial charge in [0.15, 0.2) is 0 Å². The zero-order chi connectivity index (χ0) is 21.0. The Morgan fingerprint density at radius 3 is 2.31 bits per heavy atom. The van der Waals surface area contributed by atoms with E-state index in [1.807, 2.05) is 38.5 Å². The van der Waals surface area contributed by atoms with Crippen LogP contribution in [0.2, 0.25) is 0 Å². The summed E-state index contributed by atoms with van der Waals surface area (Å²) in [6.45, 7) is 2.54. The molecule has 0 saturated carbocycles. The largest absolute Gasteiger partial charge is 0.508 e. The lowest BCUT2D eigenvalue weighted by Gasteiger charge is -2.26. The van der Waals surface area contributed by atoms with Crippen LogP contribution in [0.4, 0.5) is 11.4 Å². The molecule has 0 saturated heterocycles. The van der Waals surface area contributed by atoms with Gasteiger partial charge < -0.3 is 20.6 Å². The Balaban J connectivity index is 1.63. The summed E-state index contributed by atoms with van der Waals surface area (Å²) in [5.74, 6) is 0.240. The molecule has 3 N–H and O–H groups in total. The maximum absolute atomic E-state index is 12.1. The van der Waals surface area contributed by atoms with Crippen molar-refractivity contribution in [2.75, 3.05) is 31.3 Å². The van der Waals surface area contributed by atoms with E-state index < -0.39 is 10.9 Å².